The average molecular weight is 391 g/mol. The summed E-state index contributed by atoms with van der Waals surface area (Å²) < 4.78 is 11.8. The van der Waals surface area contributed by atoms with E-state index >= 15 is 0 Å². The Kier molecular flexibility index (Phi) is 3.92. The summed E-state index contributed by atoms with van der Waals surface area (Å²) in [5.74, 6) is 1.56. The average Bonchev–Trinajstić information content (AvgIpc) is 2.62. The van der Waals surface area contributed by atoms with Crippen molar-refractivity contribution in [2.75, 3.05) is 20.3 Å². The van der Waals surface area contributed by atoms with E-state index in [1.807, 2.05) is 7.11 Å². The summed E-state index contributed by atoms with van der Waals surface area (Å²) in [4.78, 5) is 0. The number of hydrogen-bond donors (Lipinski definition) is 0. The van der Waals surface area contributed by atoms with E-state index in [1.165, 1.54) is 12.8 Å². The van der Waals surface area contributed by atoms with Gasteiger partial charge in [-0.15, -0.1) is 0 Å². The van der Waals surface area contributed by atoms with Gasteiger partial charge in [-0.1, -0.05) is 0 Å². The first-order valence-electron chi connectivity index (χ1n) is 5.01. The first kappa shape index (κ1) is 10.7. The zero-order chi connectivity index (χ0) is 9.26. The molecule has 2 fully saturated rings. The zero-order valence-corrected chi connectivity index (χ0v) is 14.3. The molecule has 2 aliphatic rings. The summed E-state index contributed by atoms with van der Waals surface area (Å²) in [6, 6.07) is 0. The number of rotatable bonds is 2. The number of halogens is 1. The van der Waals surface area contributed by atoms with E-state index in [9.17, 15) is 0 Å². The second-order valence-corrected chi connectivity index (χ2v) is 12.2. The van der Waals surface area contributed by atoms with Gasteiger partial charge in [0.05, 0.1) is 0 Å². The van der Waals surface area contributed by atoms with Gasteiger partial charge in [0.1, 0.15) is 0 Å². The standard InChI is InChI=1S/C9H15O2.ClH.Hg/c1-10-9-3-2-7-5-11-6-8(7)4-9;;/h3,7-9H,2,4-6H2,1H3;1H;/q;;+1/p-1. The number of fused-ring (bicyclic) bond motifs is 1. The molecule has 72 valence electrons. The molecule has 1 saturated heterocycles. The monoisotopic (exact) mass is 392 g/mol. The number of ether oxygens (including phenoxy) is 2. The van der Waals surface area contributed by atoms with Crippen molar-refractivity contribution in [2.24, 2.45) is 11.8 Å². The van der Waals surface area contributed by atoms with Crippen LogP contribution in [0.2, 0.25) is 3.43 Å². The maximum absolute atomic E-state index is 6.15. The molecule has 2 nitrogen and oxygen atoms in total. The Labute approximate surface area is 95.2 Å². The van der Waals surface area contributed by atoms with Gasteiger partial charge in [-0.25, -0.2) is 0 Å². The van der Waals surface area contributed by atoms with Crippen LogP contribution in [0.3, 0.4) is 0 Å². The molecule has 0 aromatic rings. The Balaban J connectivity index is 1.99. The molecule has 1 heterocycles. The molecule has 0 N–H and O–H groups in total. The van der Waals surface area contributed by atoms with E-state index in [1.54, 1.807) is 0 Å². The molecule has 0 bridgehead atoms. The minimum absolute atomic E-state index is 0.460. The van der Waals surface area contributed by atoms with E-state index < -0.39 is 23.3 Å². The van der Waals surface area contributed by atoms with Crippen LogP contribution in [0.15, 0.2) is 0 Å². The van der Waals surface area contributed by atoms with Gasteiger partial charge in [0.15, 0.2) is 0 Å². The summed E-state index contributed by atoms with van der Waals surface area (Å²) in [6.07, 6.45) is 2.94. The fraction of sp³-hybridized carbons (Fsp3) is 1.00. The maximum atomic E-state index is 6.15. The van der Waals surface area contributed by atoms with Gasteiger partial charge >= 0.3 is 95.6 Å². The molecule has 0 amide bonds. The second kappa shape index (κ2) is 4.78. The van der Waals surface area contributed by atoms with E-state index in [0.717, 1.165) is 28.5 Å². The Morgan fingerprint density at radius 2 is 2.00 bits per heavy atom. The fourth-order valence-corrected chi connectivity index (χ4v) is 9.92. The van der Waals surface area contributed by atoms with Crippen LogP contribution in [0.5, 0.6) is 0 Å². The van der Waals surface area contributed by atoms with Crippen LogP contribution >= 0.6 is 8.25 Å². The number of hydrogen-bond acceptors (Lipinski definition) is 2. The Morgan fingerprint density at radius 1 is 1.31 bits per heavy atom. The van der Waals surface area contributed by atoms with Gasteiger partial charge in [-0.2, -0.15) is 0 Å². The SMILES string of the molecule is COC1CC2COCC2C[CH]1[Hg][Cl]. The third-order valence-corrected chi connectivity index (χ3v) is 11.9. The molecule has 4 heteroatoms. The van der Waals surface area contributed by atoms with Gasteiger partial charge in [0, 0.05) is 0 Å². The van der Waals surface area contributed by atoms with Crippen LogP contribution in [0.25, 0.3) is 0 Å². The van der Waals surface area contributed by atoms with Gasteiger partial charge in [-0.05, 0) is 0 Å². The molecule has 1 aliphatic carbocycles. The molecule has 13 heavy (non-hydrogen) atoms. The summed E-state index contributed by atoms with van der Waals surface area (Å²) in [7, 11) is 7.97. The van der Waals surface area contributed by atoms with Gasteiger partial charge in [0.2, 0.25) is 0 Å². The van der Waals surface area contributed by atoms with Gasteiger partial charge in [-0.3, -0.25) is 0 Å². The number of methoxy groups -OCH3 is 1. The van der Waals surface area contributed by atoms with Gasteiger partial charge < -0.3 is 0 Å². The van der Waals surface area contributed by atoms with Crippen LogP contribution in [0.1, 0.15) is 12.8 Å². The van der Waals surface area contributed by atoms with Crippen LogP contribution in [0, 0.1) is 11.8 Å². The van der Waals surface area contributed by atoms with E-state index in [0.29, 0.717) is 6.10 Å². The van der Waals surface area contributed by atoms with Crippen molar-refractivity contribution in [1.29, 1.82) is 0 Å². The first-order chi connectivity index (χ1) is 6.35. The molecule has 1 aliphatic heterocycles. The molecule has 4 unspecified atom stereocenters. The zero-order valence-electron chi connectivity index (χ0n) is 8.04. The molecule has 1 saturated carbocycles. The Hall–Kier alpha value is 1.15. The Morgan fingerprint density at radius 3 is 2.62 bits per heavy atom. The molecule has 0 radical (unpaired) electrons. The predicted molar refractivity (Wildman–Crippen MR) is 47.4 cm³/mol. The van der Waals surface area contributed by atoms with E-state index in [2.05, 4.69) is 0 Å². The molecule has 2 rings (SSSR count). The summed E-state index contributed by atoms with van der Waals surface area (Å²) in [6.45, 7) is 1.93. The molecular weight excluding hydrogens is 376 g/mol. The minimum atomic E-state index is -1.13. The fourth-order valence-electron chi connectivity index (χ4n) is 2.65. The van der Waals surface area contributed by atoms with E-state index in [-0.39, 0.29) is 0 Å². The summed E-state index contributed by atoms with van der Waals surface area (Å²) in [5.41, 5.74) is 0. The van der Waals surface area contributed by atoms with Crippen LogP contribution in [-0.2, 0) is 32.8 Å². The van der Waals surface area contributed by atoms with Gasteiger partial charge in [0.25, 0.3) is 0 Å². The molecule has 0 aromatic heterocycles. The van der Waals surface area contributed by atoms with Crippen LogP contribution in [0.4, 0.5) is 0 Å². The molecule has 0 spiro atoms. The van der Waals surface area contributed by atoms with Crippen molar-refractivity contribution in [2.45, 2.75) is 22.4 Å². The van der Waals surface area contributed by atoms with Crippen molar-refractivity contribution >= 4 is 8.25 Å². The normalized spacial score (nSPS) is 44.2. The van der Waals surface area contributed by atoms with Crippen molar-refractivity contribution in [3.05, 3.63) is 0 Å². The quantitative estimate of drug-likeness (QED) is 0.672. The van der Waals surface area contributed by atoms with Crippen LogP contribution < -0.4 is 0 Å². The first-order valence-corrected chi connectivity index (χ1v) is 15.0. The third-order valence-electron chi connectivity index (χ3n) is 3.50. The van der Waals surface area contributed by atoms with E-state index in [4.69, 9.17) is 17.7 Å². The van der Waals surface area contributed by atoms with Crippen molar-refractivity contribution in [3.63, 3.8) is 0 Å². The molecule has 4 atom stereocenters. The van der Waals surface area contributed by atoms with Crippen molar-refractivity contribution < 1.29 is 32.8 Å². The summed E-state index contributed by atoms with van der Waals surface area (Å²) in [5, 5.41) is 0. The summed E-state index contributed by atoms with van der Waals surface area (Å²) >= 11 is -1.13. The van der Waals surface area contributed by atoms with Crippen molar-refractivity contribution in [1.82, 2.24) is 0 Å². The predicted octanol–water partition coefficient (Wildman–Crippen LogP) is 2.08. The second-order valence-electron chi connectivity index (χ2n) is 4.22. The van der Waals surface area contributed by atoms with Crippen molar-refractivity contribution in [3.8, 4) is 0 Å². The third kappa shape index (κ3) is 2.22. The van der Waals surface area contributed by atoms with Crippen LogP contribution in [-0.4, -0.2) is 26.4 Å². The topological polar surface area (TPSA) is 18.5 Å². The molecule has 0 aromatic carbocycles. The Bertz CT molecular complexity index is 161. The molecular formula is C9H15ClHgO2.